The molecule has 3 aromatic rings. The first-order valence-electron chi connectivity index (χ1n) is 11.4. The lowest BCUT2D eigenvalue weighted by molar-refractivity contribution is -0.119. The normalized spacial score (nSPS) is 13.8. The molecule has 0 bridgehead atoms. The number of nitrogens with one attached hydrogen (secondary N) is 3. The summed E-state index contributed by atoms with van der Waals surface area (Å²) in [7, 11) is 1.75. The minimum absolute atomic E-state index is 0.0768. The van der Waals surface area contributed by atoms with E-state index in [1.54, 1.807) is 18.0 Å². The van der Waals surface area contributed by atoms with Crippen molar-refractivity contribution in [2.75, 3.05) is 40.7 Å². The largest absolute Gasteiger partial charge is 0.372 e. The van der Waals surface area contributed by atoms with Crippen LogP contribution in [0.1, 0.15) is 19.4 Å². The maximum atomic E-state index is 12.5. The van der Waals surface area contributed by atoms with Gasteiger partial charge in [-0.25, -0.2) is 5.43 Å². The molecule has 0 aliphatic carbocycles. The van der Waals surface area contributed by atoms with Crippen molar-refractivity contribution in [2.24, 2.45) is 0 Å². The summed E-state index contributed by atoms with van der Waals surface area (Å²) in [4.78, 5) is 16.4. The number of aryl methyl sites for hydroxylation is 1. The summed E-state index contributed by atoms with van der Waals surface area (Å²) in [5, 5.41) is 3.80. The first-order chi connectivity index (χ1) is 16.9. The molecule has 1 heterocycles. The average Bonchev–Trinajstić information content (AvgIpc) is 2.89. The zero-order valence-electron chi connectivity index (χ0n) is 20.7. The Morgan fingerprint density at radius 1 is 1.03 bits per heavy atom. The van der Waals surface area contributed by atoms with Gasteiger partial charge in [0.1, 0.15) is 0 Å². The lowest BCUT2D eigenvalue weighted by atomic mass is 10.2. The lowest BCUT2D eigenvalue weighted by Crippen LogP contribution is -2.54. The topological polar surface area (TPSA) is 59.6 Å². The second-order valence-corrected chi connectivity index (χ2v) is 8.22. The zero-order valence-corrected chi connectivity index (χ0v) is 22.3. The molecule has 0 saturated carbocycles. The highest BCUT2D eigenvalue weighted by molar-refractivity contribution is 7.77. The van der Waals surface area contributed by atoms with Crippen LogP contribution < -0.4 is 26.0 Å². The highest BCUT2D eigenvalue weighted by Crippen LogP contribution is 2.32. The van der Waals surface area contributed by atoms with E-state index in [9.17, 15) is 4.79 Å². The molecule has 1 aliphatic heterocycles. The minimum Gasteiger partial charge on any atom is -0.372 e. The van der Waals surface area contributed by atoms with Gasteiger partial charge in [-0.2, -0.15) is 0 Å². The Labute approximate surface area is 219 Å². The number of anilines is 4. The monoisotopic (exact) mass is 511 g/mol. The molecule has 3 aromatic carbocycles. The smallest absolute Gasteiger partial charge is 0.265 e. The molecule has 0 radical (unpaired) electrons. The number of hydrogen-bond acceptors (Lipinski definition) is 6. The van der Waals surface area contributed by atoms with Crippen LogP contribution in [0.25, 0.3) is 0 Å². The first-order valence-corrected chi connectivity index (χ1v) is 12.4. The highest BCUT2D eigenvalue weighted by atomic mass is 35.5. The van der Waals surface area contributed by atoms with Crippen molar-refractivity contribution in [2.45, 2.75) is 26.9 Å². The van der Waals surface area contributed by atoms with Gasteiger partial charge in [-0.05, 0) is 69.1 Å². The van der Waals surface area contributed by atoms with E-state index >= 15 is 0 Å². The predicted molar refractivity (Wildman–Crippen MR) is 155 cm³/mol. The number of halogens is 1. The van der Waals surface area contributed by atoms with E-state index in [2.05, 4.69) is 84.2 Å². The summed E-state index contributed by atoms with van der Waals surface area (Å²) in [6, 6.07) is 23.8. The Morgan fingerprint density at radius 3 is 2.20 bits per heavy atom. The number of hydrazine groups is 1. The summed E-state index contributed by atoms with van der Waals surface area (Å²) in [5.41, 5.74) is 11.2. The van der Waals surface area contributed by atoms with E-state index in [1.807, 2.05) is 42.5 Å². The Morgan fingerprint density at radius 2 is 1.66 bits per heavy atom. The zero-order chi connectivity index (χ0) is 25.8. The molecule has 6 nitrogen and oxygen atoms in total. The molecule has 35 heavy (non-hydrogen) atoms. The molecule has 1 unspecified atom stereocenters. The molecular formula is C27H34ClN5OS. The van der Waals surface area contributed by atoms with Gasteiger partial charge < -0.3 is 20.5 Å². The molecule has 4 rings (SSSR count). The van der Waals surface area contributed by atoms with Crippen LogP contribution in [0.3, 0.4) is 0 Å². The van der Waals surface area contributed by atoms with Crippen LogP contribution in [-0.2, 0) is 4.79 Å². The molecule has 0 saturated heterocycles. The Balaban J connectivity index is 0.000000407. The molecule has 8 heteroatoms. The van der Waals surface area contributed by atoms with E-state index in [0.29, 0.717) is 5.02 Å². The Bertz CT molecular complexity index is 1060. The highest BCUT2D eigenvalue weighted by Gasteiger charge is 2.30. The van der Waals surface area contributed by atoms with Gasteiger partial charge in [0, 0.05) is 36.5 Å². The number of thiocarbonyl (C=S) groups is 1. The van der Waals surface area contributed by atoms with Crippen LogP contribution in [0.2, 0.25) is 5.02 Å². The van der Waals surface area contributed by atoms with Gasteiger partial charge in [-0.15, -0.1) is 0 Å². The molecule has 0 spiro atoms. The van der Waals surface area contributed by atoms with Gasteiger partial charge in [0.2, 0.25) is 0 Å². The van der Waals surface area contributed by atoms with Gasteiger partial charge in [0.05, 0.1) is 11.4 Å². The number of nitrogens with zero attached hydrogens (tertiary/aromatic N) is 2. The second kappa shape index (κ2) is 14.3. The van der Waals surface area contributed by atoms with Gasteiger partial charge in [0.25, 0.3) is 5.91 Å². The summed E-state index contributed by atoms with van der Waals surface area (Å²) in [6.07, 6.45) is -0.589. The predicted octanol–water partition coefficient (Wildman–Crippen LogP) is 6.13. The van der Waals surface area contributed by atoms with Crippen LogP contribution in [0.15, 0.2) is 72.8 Å². The summed E-state index contributed by atoms with van der Waals surface area (Å²) >= 11 is 9.90. The third kappa shape index (κ3) is 7.96. The number of fused-ring (bicyclic) bond motifs is 1. The van der Waals surface area contributed by atoms with Crippen molar-refractivity contribution in [1.29, 1.82) is 0 Å². The maximum absolute atomic E-state index is 12.5. The first kappa shape index (κ1) is 28.1. The third-order valence-electron chi connectivity index (χ3n) is 5.49. The summed E-state index contributed by atoms with van der Waals surface area (Å²) < 4.78 is 0. The summed E-state index contributed by atoms with van der Waals surface area (Å²) in [5.74, 6) is 2.76. The number of rotatable bonds is 6. The Hall–Kier alpha value is -3.13. The van der Waals surface area contributed by atoms with Crippen LogP contribution in [0.5, 0.6) is 0 Å². The molecule has 0 aromatic heterocycles. The quantitative estimate of drug-likeness (QED) is 0.273. The van der Waals surface area contributed by atoms with E-state index in [1.165, 1.54) is 11.3 Å². The van der Waals surface area contributed by atoms with Crippen molar-refractivity contribution in [3.63, 3.8) is 0 Å². The maximum Gasteiger partial charge on any atom is 0.265 e. The van der Waals surface area contributed by atoms with Crippen molar-refractivity contribution >= 4 is 58.3 Å². The number of benzene rings is 3. The second-order valence-electron chi connectivity index (χ2n) is 7.78. The van der Waals surface area contributed by atoms with Crippen molar-refractivity contribution in [3.8, 4) is 0 Å². The number of carbonyl (C=O) groups excluding carboxylic acids is 1. The third-order valence-corrected chi connectivity index (χ3v) is 5.73. The standard InChI is InChI=1S/C19H24ClN5O.C7H8.CH2S/c1-4-25(5-2)15-9-7-14(8-10-15)22-23-18-19(26)24(3)17-11-6-13(20)12-16(17)21-18;1-7-5-3-2-4-6-7;1-2/h6-12,18,21-23H,4-5H2,1-3H3;2-6H,1H3;1H2. The lowest BCUT2D eigenvalue weighted by Gasteiger charge is -2.33. The number of amides is 1. The fourth-order valence-electron chi connectivity index (χ4n) is 3.58. The van der Waals surface area contributed by atoms with Gasteiger partial charge in [0.15, 0.2) is 6.17 Å². The molecule has 1 amide bonds. The van der Waals surface area contributed by atoms with Crippen LogP contribution in [0, 0.1) is 6.92 Å². The summed E-state index contributed by atoms with van der Waals surface area (Å²) in [6.45, 7) is 8.29. The van der Waals surface area contributed by atoms with E-state index < -0.39 is 6.17 Å². The SMILES string of the molecule is C=S.CCN(CC)c1ccc(NNC2Nc3cc(Cl)ccc3N(C)C2=O)cc1.Cc1ccccc1. The fourth-order valence-corrected chi connectivity index (χ4v) is 3.75. The number of likely N-dealkylation sites (N-methyl/N-ethyl adjacent to an activating group) is 1. The van der Waals surface area contributed by atoms with Crippen molar-refractivity contribution < 1.29 is 4.79 Å². The van der Waals surface area contributed by atoms with E-state index in [4.69, 9.17) is 11.6 Å². The molecule has 1 atom stereocenters. The van der Waals surface area contributed by atoms with E-state index in [-0.39, 0.29) is 5.91 Å². The molecule has 186 valence electrons. The van der Waals surface area contributed by atoms with Crippen molar-refractivity contribution in [3.05, 3.63) is 83.4 Å². The van der Waals surface area contributed by atoms with Crippen LogP contribution in [0.4, 0.5) is 22.7 Å². The van der Waals surface area contributed by atoms with Crippen LogP contribution in [-0.4, -0.2) is 38.1 Å². The Kier molecular flexibility index (Phi) is 11.5. The molecular weight excluding hydrogens is 478 g/mol. The fraction of sp³-hybridized carbons (Fsp3) is 0.259. The van der Waals surface area contributed by atoms with Gasteiger partial charge >= 0.3 is 0 Å². The number of carbonyl (C=O) groups is 1. The van der Waals surface area contributed by atoms with E-state index in [0.717, 1.165) is 30.2 Å². The molecule has 0 fully saturated rings. The van der Waals surface area contributed by atoms with Crippen LogP contribution >= 0.6 is 23.8 Å². The minimum atomic E-state index is -0.589. The number of hydrogen-bond donors (Lipinski definition) is 3. The van der Waals surface area contributed by atoms with Gasteiger partial charge in [-0.3, -0.25) is 4.79 Å². The average molecular weight is 512 g/mol. The molecule has 1 aliphatic rings. The van der Waals surface area contributed by atoms with Gasteiger partial charge in [-0.1, -0.05) is 59.7 Å². The van der Waals surface area contributed by atoms with Crippen molar-refractivity contribution in [1.82, 2.24) is 5.43 Å². The molecule has 3 N–H and O–H groups in total.